The van der Waals surface area contributed by atoms with Crippen LogP contribution in [0.4, 0.5) is 4.39 Å². The second kappa shape index (κ2) is 4.97. The number of hydrogen-bond donors (Lipinski definition) is 0. The van der Waals surface area contributed by atoms with Crippen LogP contribution < -0.4 is 0 Å². The first kappa shape index (κ1) is 13.5. The number of aryl methyl sites for hydroxylation is 1. The van der Waals surface area contributed by atoms with E-state index in [1.807, 2.05) is 24.9 Å². The highest BCUT2D eigenvalue weighted by atomic mass is 32.2. The highest BCUT2D eigenvalue weighted by Crippen LogP contribution is 2.19. The van der Waals surface area contributed by atoms with Gasteiger partial charge in [0.2, 0.25) is 0 Å². The van der Waals surface area contributed by atoms with Crippen LogP contribution in [0.1, 0.15) is 17.5 Å². The molecule has 2 rings (SSSR count). The number of hydrogen-bond acceptors (Lipinski definition) is 3. The lowest BCUT2D eigenvalue weighted by Crippen LogP contribution is -2.32. The molecule has 1 aliphatic rings. The molecular formula is C13H18FNO2S. The highest BCUT2D eigenvalue weighted by molar-refractivity contribution is 7.91. The maximum Gasteiger partial charge on any atom is 0.151 e. The zero-order chi connectivity index (χ0) is 13.3. The minimum Gasteiger partial charge on any atom is -0.298 e. The van der Waals surface area contributed by atoms with Crippen LogP contribution in [0.25, 0.3) is 0 Å². The van der Waals surface area contributed by atoms with Gasteiger partial charge in [-0.1, -0.05) is 6.07 Å². The van der Waals surface area contributed by atoms with E-state index in [1.54, 1.807) is 0 Å². The molecule has 0 aromatic heterocycles. The number of rotatable bonds is 3. The summed E-state index contributed by atoms with van der Waals surface area (Å²) in [6, 6.07) is 4.98. The smallest absolute Gasteiger partial charge is 0.151 e. The van der Waals surface area contributed by atoms with Crippen molar-refractivity contribution in [3.63, 3.8) is 0 Å². The molecule has 0 bridgehead atoms. The van der Waals surface area contributed by atoms with Crippen molar-refractivity contribution in [1.82, 2.24) is 4.90 Å². The molecule has 1 aliphatic heterocycles. The fourth-order valence-corrected chi connectivity index (χ4v) is 4.25. The summed E-state index contributed by atoms with van der Waals surface area (Å²) in [4.78, 5) is 2.00. The molecule has 0 radical (unpaired) electrons. The first-order valence-corrected chi connectivity index (χ1v) is 7.84. The van der Waals surface area contributed by atoms with Crippen LogP contribution >= 0.6 is 0 Å². The summed E-state index contributed by atoms with van der Waals surface area (Å²) in [6.45, 7) is 2.44. The summed E-state index contributed by atoms with van der Waals surface area (Å²) < 4.78 is 36.1. The monoisotopic (exact) mass is 271 g/mol. The molecular weight excluding hydrogens is 253 g/mol. The molecule has 0 N–H and O–H groups in total. The van der Waals surface area contributed by atoms with Crippen molar-refractivity contribution in [3.8, 4) is 0 Å². The molecule has 0 aliphatic carbocycles. The zero-order valence-electron chi connectivity index (χ0n) is 10.7. The predicted octanol–water partition coefficient (Wildman–Crippen LogP) is 1.75. The molecule has 100 valence electrons. The molecule has 1 fully saturated rings. The second-order valence-corrected chi connectivity index (χ2v) is 7.34. The maximum absolute atomic E-state index is 13.3. The minimum atomic E-state index is -2.86. The molecule has 3 nitrogen and oxygen atoms in total. The molecule has 0 saturated carbocycles. The third kappa shape index (κ3) is 3.29. The van der Waals surface area contributed by atoms with E-state index in [1.165, 1.54) is 12.1 Å². The third-order valence-corrected chi connectivity index (χ3v) is 5.12. The molecule has 1 heterocycles. The Balaban J connectivity index is 2.05. The molecule has 18 heavy (non-hydrogen) atoms. The predicted molar refractivity (Wildman–Crippen MR) is 69.7 cm³/mol. The van der Waals surface area contributed by atoms with Gasteiger partial charge in [0.25, 0.3) is 0 Å². The van der Waals surface area contributed by atoms with Crippen molar-refractivity contribution in [3.05, 3.63) is 35.1 Å². The SMILES string of the molecule is Cc1cc(F)cc(CN(C)C2CCS(=O)(=O)C2)c1. The Kier molecular flexibility index (Phi) is 3.73. The van der Waals surface area contributed by atoms with Crippen LogP contribution in [0, 0.1) is 12.7 Å². The van der Waals surface area contributed by atoms with Gasteiger partial charge in [-0.15, -0.1) is 0 Å². The van der Waals surface area contributed by atoms with Crippen LogP contribution in [0.2, 0.25) is 0 Å². The van der Waals surface area contributed by atoms with Crippen LogP contribution in [0.3, 0.4) is 0 Å². The average Bonchev–Trinajstić information content (AvgIpc) is 2.57. The molecule has 0 spiro atoms. The molecule has 1 atom stereocenters. The Hall–Kier alpha value is -0.940. The fraction of sp³-hybridized carbons (Fsp3) is 0.538. The van der Waals surface area contributed by atoms with Gasteiger partial charge in [0.15, 0.2) is 9.84 Å². The van der Waals surface area contributed by atoms with E-state index >= 15 is 0 Å². The number of nitrogens with zero attached hydrogens (tertiary/aromatic N) is 1. The minimum absolute atomic E-state index is 0.0542. The average molecular weight is 271 g/mol. The van der Waals surface area contributed by atoms with Crippen molar-refractivity contribution >= 4 is 9.84 Å². The standard InChI is InChI=1S/C13H18FNO2S/c1-10-5-11(7-12(14)6-10)8-15(2)13-3-4-18(16,17)9-13/h5-7,13H,3-4,8-9H2,1-2H3. The lowest BCUT2D eigenvalue weighted by atomic mass is 10.1. The third-order valence-electron chi connectivity index (χ3n) is 3.37. The van der Waals surface area contributed by atoms with Crippen molar-refractivity contribution in [2.75, 3.05) is 18.6 Å². The van der Waals surface area contributed by atoms with Gasteiger partial charge < -0.3 is 0 Å². The van der Waals surface area contributed by atoms with Gasteiger partial charge in [0, 0.05) is 12.6 Å². The van der Waals surface area contributed by atoms with Crippen molar-refractivity contribution < 1.29 is 12.8 Å². The molecule has 1 saturated heterocycles. The number of benzene rings is 1. The van der Waals surface area contributed by atoms with Gasteiger partial charge in [-0.05, 0) is 43.7 Å². The van der Waals surface area contributed by atoms with E-state index in [0.29, 0.717) is 13.0 Å². The summed E-state index contributed by atoms with van der Waals surface area (Å²) >= 11 is 0. The first-order chi connectivity index (χ1) is 8.35. The Labute approximate surface area is 108 Å². The van der Waals surface area contributed by atoms with E-state index in [9.17, 15) is 12.8 Å². The van der Waals surface area contributed by atoms with E-state index < -0.39 is 9.84 Å². The Morgan fingerprint density at radius 3 is 2.67 bits per heavy atom. The molecule has 1 aromatic rings. The molecule has 0 amide bonds. The van der Waals surface area contributed by atoms with E-state index in [2.05, 4.69) is 0 Å². The van der Waals surface area contributed by atoms with Crippen LogP contribution in [0.15, 0.2) is 18.2 Å². The fourth-order valence-electron chi connectivity index (χ4n) is 2.44. The summed E-state index contributed by atoms with van der Waals surface area (Å²) in [6.07, 6.45) is 0.674. The zero-order valence-corrected chi connectivity index (χ0v) is 11.5. The summed E-state index contributed by atoms with van der Waals surface area (Å²) in [5.74, 6) is 0.250. The lowest BCUT2D eigenvalue weighted by molar-refractivity contribution is 0.253. The lowest BCUT2D eigenvalue weighted by Gasteiger charge is -2.23. The molecule has 1 unspecified atom stereocenters. The maximum atomic E-state index is 13.3. The first-order valence-electron chi connectivity index (χ1n) is 6.02. The van der Waals surface area contributed by atoms with Gasteiger partial charge in [-0.2, -0.15) is 0 Å². The van der Waals surface area contributed by atoms with E-state index in [0.717, 1.165) is 11.1 Å². The van der Waals surface area contributed by atoms with Gasteiger partial charge in [-0.3, -0.25) is 4.90 Å². The van der Waals surface area contributed by atoms with Crippen molar-refractivity contribution in [1.29, 1.82) is 0 Å². The topological polar surface area (TPSA) is 37.4 Å². The summed E-state index contributed by atoms with van der Waals surface area (Å²) in [5, 5.41) is 0. The number of halogens is 1. The number of sulfone groups is 1. The second-order valence-electron chi connectivity index (χ2n) is 5.11. The molecule has 5 heteroatoms. The van der Waals surface area contributed by atoms with Crippen molar-refractivity contribution in [2.45, 2.75) is 25.9 Å². The van der Waals surface area contributed by atoms with Gasteiger partial charge in [0.05, 0.1) is 11.5 Å². The van der Waals surface area contributed by atoms with Crippen LogP contribution in [-0.2, 0) is 16.4 Å². The highest BCUT2D eigenvalue weighted by Gasteiger charge is 2.30. The summed E-state index contributed by atoms with van der Waals surface area (Å²) in [5.41, 5.74) is 1.77. The van der Waals surface area contributed by atoms with Gasteiger partial charge in [-0.25, -0.2) is 12.8 Å². The Morgan fingerprint density at radius 1 is 1.39 bits per heavy atom. The van der Waals surface area contributed by atoms with Crippen molar-refractivity contribution in [2.24, 2.45) is 0 Å². The molecule has 1 aromatic carbocycles. The van der Waals surface area contributed by atoms with Gasteiger partial charge >= 0.3 is 0 Å². The van der Waals surface area contributed by atoms with E-state index in [-0.39, 0.29) is 23.4 Å². The normalized spacial score (nSPS) is 22.6. The summed E-state index contributed by atoms with van der Waals surface area (Å²) in [7, 11) is -0.970. The van der Waals surface area contributed by atoms with E-state index in [4.69, 9.17) is 0 Å². The largest absolute Gasteiger partial charge is 0.298 e. The van der Waals surface area contributed by atoms with Crippen LogP contribution in [0.5, 0.6) is 0 Å². The van der Waals surface area contributed by atoms with Gasteiger partial charge in [0.1, 0.15) is 5.82 Å². The quantitative estimate of drug-likeness (QED) is 0.840. The van der Waals surface area contributed by atoms with Crippen LogP contribution in [-0.4, -0.2) is 37.9 Å². The Morgan fingerprint density at radius 2 is 2.11 bits per heavy atom. The Bertz CT molecular complexity index is 522.